The molecule has 0 saturated heterocycles. The van der Waals surface area contributed by atoms with Gasteiger partial charge in [-0.2, -0.15) is 0 Å². The van der Waals surface area contributed by atoms with Gasteiger partial charge < -0.3 is 10.8 Å². The van der Waals surface area contributed by atoms with Gasteiger partial charge in [0.2, 0.25) is 0 Å². The van der Waals surface area contributed by atoms with Crippen LogP contribution in [0.15, 0.2) is 0 Å². The molecule has 0 aromatic heterocycles. The van der Waals surface area contributed by atoms with Crippen LogP contribution in [0.5, 0.6) is 0 Å². The van der Waals surface area contributed by atoms with Gasteiger partial charge in [-0.05, 0) is 12.8 Å². The van der Waals surface area contributed by atoms with Gasteiger partial charge >= 0.3 is 0 Å². The van der Waals surface area contributed by atoms with E-state index in [-0.39, 0.29) is 12.8 Å². The Bertz CT molecular complexity index is 95.6. The second kappa shape index (κ2) is 3.91. The highest BCUT2D eigenvalue weighted by molar-refractivity contribution is 4.82. The molecule has 0 unspecified atom stereocenters. The monoisotopic (exact) mass is 144 g/mol. The minimum atomic E-state index is 0.0539. The van der Waals surface area contributed by atoms with Gasteiger partial charge in [0.1, 0.15) is 0 Å². The molecule has 60 valence electrons. The minimum absolute atomic E-state index is 0.0539. The van der Waals surface area contributed by atoms with Gasteiger partial charge in [0.25, 0.3) is 0 Å². The van der Waals surface area contributed by atoms with Crippen molar-refractivity contribution in [3.05, 3.63) is 0 Å². The molecule has 0 aromatic carbocycles. The van der Waals surface area contributed by atoms with Crippen molar-refractivity contribution < 1.29 is 5.11 Å². The minimum Gasteiger partial charge on any atom is -0.381 e. The summed E-state index contributed by atoms with van der Waals surface area (Å²) in [5.74, 6) is 0. The first kappa shape index (κ1) is 7.98. The van der Waals surface area contributed by atoms with E-state index in [1.54, 1.807) is 0 Å². The Morgan fingerprint density at radius 3 is 2.70 bits per heavy atom. The predicted octanol–water partition coefficient (Wildman–Crippen LogP) is -0.204. The maximum Gasteiger partial charge on any atom is 0.0934 e. The molecule has 0 aromatic rings. The average Bonchev–Trinajstić information content (AvgIpc) is 1.94. The van der Waals surface area contributed by atoms with Gasteiger partial charge in [-0.1, -0.05) is 12.8 Å². The fourth-order valence-corrected chi connectivity index (χ4v) is 1.53. The normalized spacial score (nSPS) is 34.2. The maximum absolute atomic E-state index is 8.57. The zero-order valence-corrected chi connectivity index (χ0v) is 6.21. The van der Waals surface area contributed by atoms with E-state index in [0.29, 0.717) is 6.04 Å². The van der Waals surface area contributed by atoms with Gasteiger partial charge in [-0.3, -0.25) is 5.32 Å². The third-order valence-corrected chi connectivity index (χ3v) is 2.17. The smallest absolute Gasteiger partial charge is 0.0934 e. The Morgan fingerprint density at radius 2 is 2.10 bits per heavy atom. The van der Waals surface area contributed by atoms with Gasteiger partial charge in [0, 0.05) is 12.1 Å². The van der Waals surface area contributed by atoms with E-state index in [1.807, 2.05) is 0 Å². The Labute approximate surface area is 61.6 Å². The highest BCUT2D eigenvalue weighted by Gasteiger charge is 2.20. The second-order valence-corrected chi connectivity index (χ2v) is 2.92. The van der Waals surface area contributed by atoms with E-state index in [0.717, 1.165) is 12.8 Å². The standard InChI is InChI=1S/C7H16N2O/c8-6-3-1-2-4-7(6)9-5-10/h6-7,9-10H,1-5,8H2/t6-,7-/m0/s1. The predicted molar refractivity (Wildman–Crippen MR) is 40.5 cm³/mol. The van der Waals surface area contributed by atoms with Crippen molar-refractivity contribution in [2.24, 2.45) is 5.73 Å². The highest BCUT2D eigenvalue weighted by Crippen LogP contribution is 2.16. The summed E-state index contributed by atoms with van der Waals surface area (Å²) < 4.78 is 0. The van der Waals surface area contributed by atoms with Crippen LogP contribution in [0, 0.1) is 0 Å². The molecule has 0 heterocycles. The lowest BCUT2D eigenvalue weighted by Crippen LogP contribution is -2.47. The number of hydrogen-bond donors (Lipinski definition) is 3. The van der Waals surface area contributed by atoms with E-state index in [2.05, 4.69) is 5.32 Å². The first-order chi connectivity index (χ1) is 4.84. The second-order valence-electron chi connectivity index (χ2n) is 2.92. The Hall–Kier alpha value is -0.120. The molecule has 10 heavy (non-hydrogen) atoms. The van der Waals surface area contributed by atoms with E-state index < -0.39 is 0 Å². The molecule has 4 N–H and O–H groups in total. The van der Waals surface area contributed by atoms with Crippen molar-refractivity contribution >= 4 is 0 Å². The van der Waals surface area contributed by atoms with Crippen LogP contribution in [0.3, 0.4) is 0 Å². The highest BCUT2D eigenvalue weighted by atomic mass is 16.3. The van der Waals surface area contributed by atoms with Crippen LogP contribution in [-0.2, 0) is 0 Å². The lowest BCUT2D eigenvalue weighted by atomic mass is 9.91. The summed E-state index contributed by atoms with van der Waals surface area (Å²) in [6.45, 7) is 0.0539. The van der Waals surface area contributed by atoms with Crippen LogP contribution < -0.4 is 11.1 Å². The lowest BCUT2D eigenvalue weighted by Gasteiger charge is -2.28. The molecule has 1 aliphatic carbocycles. The molecule has 2 atom stereocenters. The van der Waals surface area contributed by atoms with Crippen LogP contribution in [-0.4, -0.2) is 23.9 Å². The van der Waals surface area contributed by atoms with Gasteiger partial charge in [-0.15, -0.1) is 0 Å². The number of nitrogens with two attached hydrogens (primary N) is 1. The topological polar surface area (TPSA) is 58.3 Å². The van der Waals surface area contributed by atoms with E-state index in [9.17, 15) is 0 Å². The van der Waals surface area contributed by atoms with Crippen molar-refractivity contribution in [3.63, 3.8) is 0 Å². The van der Waals surface area contributed by atoms with Crippen LogP contribution in [0.25, 0.3) is 0 Å². The first-order valence-electron chi connectivity index (χ1n) is 3.94. The fraction of sp³-hybridized carbons (Fsp3) is 1.00. The van der Waals surface area contributed by atoms with E-state index in [1.165, 1.54) is 12.8 Å². The van der Waals surface area contributed by atoms with Crippen LogP contribution in [0.2, 0.25) is 0 Å². The van der Waals surface area contributed by atoms with Crippen molar-refractivity contribution in [1.29, 1.82) is 0 Å². The average molecular weight is 144 g/mol. The molecule has 0 spiro atoms. The summed E-state index contributed by atoms with van der Waals surface area (Å²) in [5.41, 5.74) is 5.79. The molecule has 0 amide bonds. The molecular formula is C7H16N2O. The summed E-state index contributed by atoms with van der Waals surface area (Å²) >= 11 is 0. The number of nitrogens with one attached hydrogen (secondary N) is 1. The third kappa shape index (κ3) is 1.94. The molecule has 0 radical (unpaired) electrons. The van der Waals surface area contributed by atoms with E-state index in [4.69, 9.17) is 10.8 Å². The molecule has 1 fully saturated rings. The van der Waals surface area contributed by atoms with Crippen molar-refractivity contribution in [2.45, 2.75) is 37.8 Å². The maximum atomic E-state index is 8.57. The SMILES string of the molecule is N[C@H]1CCCC[C@@H]1NCO. The van der Waals surface area contributed by atoms with Crippen molar-refractivity contribution in [1.82, 2.24) is 5.32 Å². The van der Waals surface area contributed by atoms with Crippen LogP contribution in [0.1, 0.15) is 25.7 Å². The number of rotatable bonds is 2. The summed E-state index contributed by atoms with van der Waals surface area (Å²) in [4.78, 5) is 0. The van der Waals surface area contributed by atoms with Crippen molar-refractivity contribution in [3.8, 4) is 0 Å². The first-order valence-corrected chi connectivity index (χ1v) is 3.94. The van der Waals surface area contributed by atoms with Crippen molar-refractivity contribution in [2.75, 3.05) is 6.73 Å². The number of aliphatic hydroxyl groups is 1. The molecule has 1 aliphatic rings. The van der Waals surface area contributed by atoms with Gasteiger partial charge in [0.15, 0.2) is 0 Å². The summed E-state index contributed by atoms with van der Waals surface area (Å²) in [6, 6.07) is 0.597. The number of hydrogen-bond acceptors (Lipinski definition) is 3. The molecule has 3 heteroatoms. The molecule has 0 aliphatic heterocycles. The summed E-state index contributed by atoms with van der Waals surface area (Å²) in [6.07, 6.45) is 4.69. The van der Waals surface area contributed by atoms with Gasteiger partial charge in [-0.25, -0.2) is 0 Å². The quantitative estimate of drug-likeness (QED) is 0.470. The summed E-state index contributed by atoms with van der Waals surface area (Å²) in [5, 5.41) is 11.5. The van der Waals surface area contributed by atoms with Gasteiger partial charge in [0.05, 0.1) is 6.73 Å². The largest absolute Gasteiger partial charge is 0.381 e. The number of aliphatic hydroxyl groups excluding tert-OH is 1. The Kier molecular flexibility index (Phi) is 3.12. The molecule has 1 saturated carbocycles. The van der Waals surface area contributed by atoms with E-state index >= 15 is 0 Å². The fourth-order valence-electron chi connectivity index (χ4n) is 1.53. The molecule has 3 nitrogen and oxygen atoms in total. The molecule has 0 bridgehead atoms. The van der Waals surface area contributed by atoms with Crippen LogP contribution >= 0.6 is 0 Å². The Balaban J connectivity index is 2.25. The van der Waals surface area contributed by atoms with Crippen LogP contribution in [0.4, 0.5) is 0 Å². The third-order valence-electron chi connectivity index (χ3n) is 2.17. The zero-order chi connectivity index (χ0) is 7.40. The molecular weight excluding hydrogens is 128 g/mol. The zero-order valence-electron chi connectivity index (χ0n) is 6.21. The summed E-state index contributed by atoms with van der Waals surface area (Å²) in [7, 11) is 0. The molecule has 1 rings (SSSR count). The lowest BCUT2D eigenvalue weighted by molar-refractivity contribution is 0.210. The Morgan fingerprint density at radius 1 is 1.40 bits per heavy atom.